The molecule has 0 aliphatic rings. The minimum absolute atomic E-state index is 0.0345. The molecular formula is C71H128N2O7P+. The van der Waals surface area contributed by atoms with Gasteiger partial charge >= 0.3 is 13.8 Å². The first-order valence-corrected chi connectivity index (χ1v) is 35.1. The molecule has 0 rings (SSSR count). The van der Waals surface area contributed by atoms with Gasteiger partial charge in [0.05, 0.1) is 33.8 Å². The highest BCUT2D eigenvalue weighted by molar-refractivity contribution is 7.47. The number of carbonyl (C=O) groups excluding carboxylic acids is 2. The van der Waals surface area contributed by atoms with Gasteiger partial charge in [-0.05, 0) is 109 Å². The summed E-state index contributed by atoms with van der Waals surface area (Å²) in [5.74, 6) is -0.519. The molecule has 0 spiro atoms. The lowest BCUT2D eigenvalue weighted by atomic mass is 10.0. The number of phosphoric acid groups is 1. The zero-order valence-electron chi connectivity index (χ0n) is 53.5. The van der Waals surface area contributed by atoms with Crippen LogP contribution in [-0.4, -0.2) is 74.3 Å². The monoisotopic (exact) mass is 1150 g/mol. The van der Waals surface area contributed by atoms with E-state index in [1.807, 2.05) is 33.3 Å². The number of quaternary nitrogens is 1. The average molecular weight is 1150 g/mol. The summed E-state index contributed by atoms with van der Waals surface area (Å²) < 4.78 is 30.7. The minimum Gasteiger partial charge on any atom is -0.456 e. The molecule has 0 heterocycles. The number of hydrogen-bond donors (Lipinski definition) is 2. The van der Waals surface area contributed by atoms with Crippen LogP contribution >= 0.6 is 7.82 Å². The largest absolute Gasteiger partial charge is 0.472 e. The van der Waals surface area contributed by atoms with Crippen molar-refractivity contribution in [3.63, 3.8) is 0 Å². The van der Waals surface area contributed by atoms with Gasteiger partial charge in [0.1, 0.15) is 19.3 Å². The van der Waals surface area contributed by atoms with Gasteiger partial charge in [0.15, 0.2) is 0 Å². The van der Waals surface area contributed by atoms with Crippen molar-refractivity contribution in [2.75, 3.05) is 40.9 Å². The van der Waals surface area contributed by atoms with Gasteiger partial charge in [-0.15, -0.1) is 0 Å². The molecule has 3 atom stereocenters. The lowest BCUT2D eigenvalue weighted by molar-refractivity contribution is -0.870. The maximum atomic E-state index is 13.6. The topological polar surface area (TPSA) is 111 Å². The fraction of sp³-hybridized carbons (Fsp3) is 0.746. The van der Waals surface area contributed by atoms with Gasteiger partial charge in [0.25, 0.3) is 0 Å². The number of hydrogen-bond acceptors (Lipinski definition) is 6. The Balaban J connectivity index is 5.10. The summed E-state index contributed by atoms with van der Waals surface area (Å²) in [6, 6.07) is -0.859. The maximum absolute atomic E-state index is 13.6. The molecular weight excluding hydrogens is 1020 g/mol. The Labute approximate surface area is 500 Å². The van der Waals surface area contributed by atoms with Crippen LogP contribution in [-0.2, 0) is 27.9 Å². The van der Waals surface area contributed by atoms with E-state index in [1.54, 1.807) is 0 Å². The van der Waals surface area contributed by atoms with Gasteiger partial charge in [-0.1, -0.05) is 266 Å². The number of allylic oxidation sites excluding steroid dienone is 15. The molecule has 0 saturated carbocycles. The van der Waals surface area contributed by atoms with Crippen LogP contribution in [0.4, 0.5) is 0 Å². The summed E-state index contributed by atoms with van der Waals surface area (Å²) in [7, 11) is 1.48. The molecule has 0 aliphatic heterocycles. The molecule has 0 aromatic heterocycles. The molecule has 0 aromatic carbocycles. The lowest BCUT2D eigenvalue weighted by Crippen LogP contribution is -2.47. The van der Waals surface area contributed by atoms with Crippen molar-refractivity contribution in [1.29, 1.82) is 0 Å². The van der Waals surface area contributed by atoms with E-state index in [4.69, 9.17) is 13.8 Å². The van der Waals surface area contributed by atoms with Crippen molar-refractivity contribution in [2.45, 2.75) is 303 Å². The number of phosphoric ester groups is 1. The molecule has 0 bridgehead atoms. The fourth-order valence-corrected chi connectivity index (χ4v) is 10.1. The van der Waals surface area contributed by atoms with Gasteiger partial charge in [0.2, 0.25) is 5.91 Å². The predicted octanol–water partition coefficient (Wildman–Crippen LogP) is 21.1. The number of nitrogens with zero attached hydrogens (tertiary/aromatic N) is 1. The van der Waals surface area contributed by atoms with Crippen LogP contribution in [0.3, 0.4) is 0 Å². The molecule has 2 N–H and O–H groups in total. The number of ether oxygens (including phenoxy) is 1. The van der Waals surface area contributed by atoms with E-state index in [9.17, 15) is 19.0 Å². The summed E-state index contributed by atoms with van der Waals surface area (Å²) in [5, 5.41) is 3.06. The van der Waals surface area contributed by atoms with E-state index >= 15 is 0 Å². The summed E-state index contributed by atoms with van der Waals surface area (Å²) in [6.07, 6.45) is 81.2. The van der Waals surface area contributed by atoms with Crippen LogP contribution in [0.1, 0.15) is 290 Å². The molecule has 3 unspecified atom stereocenters. The van der Waals surface area contributed by atoms with Crippen molar-refractivity contribution in [2.24, 2.45) is 0 Å². The smallest absolute Gasteiger partial charge is 0.456 e. The standard InChI is InChI=1S/C71H127N2O7P/c1-7-10-13-16-19-22-25-27-29-31-32-33-34-35-36-37-38-39-40-42-44-46-49-52-55-58-61-64-71(75)80-69(62-59-56-53-50-47-24-21-18-15-12-9-3)68(67-79-81(76,77)78-66-65-73(4,5)6)72-70(74)63-60-57-54-51-48-45-43-41-30-28-26-23-20-17-14-11-8-2/h10,13,19,22,27-30,32-33,35-36,38-39,59,62,68-69H,7-9,11-12,14-18,20-21,23-26,31,34,37,40-58,60-61,63-67H2,1-6H3,(H-,72,74,76,77)/p+1/b13-10-,22-19-,29-27-,30-28+,33-32-,36-35-,39-38-,62-59-. The molecule has 10 heteroatoms. The number of likely N-dealkylation sites (N-methyl/N-ethyl adjacent to an activating group) is 1. The van der Waals surface area contributed by atoms with Crippen molar-refractivity contribution in [1.82, 2.24) is 5.32 Å². The third-order valence-corrected chi connectivity index (χ3v) is 15.5. The number of amides is 1. The van der Waals surface area contributed by atoms with Crippen LogP contribution in [0.25, 0.3) is 0 Å². The molecule has 468 valence electrons. The van der Waals surface area contributed by atoms with Crippen LogP contribution in [0.5, 0.6) is 0 Å². The number of unbranched alkanes of at least 4 members (excludes halogenated alkanes) is 30. The van der Waals surface area contributed by atoms with E-state index in [-0.39, 0.29) is 31.5 Å². The number of carbonyl (C=O) groups is 2. The van der Waals surface area contributed by atoms with E-state index in [1.165, 1.54) is 135 Å². The molecule has 0 aromatic rings. The third kappa shape index (κ3) is 61.3. The van der Waals surface area contributed by atoms with Crippen LogP contribution in [0.15, 0.2) is 97.2 Å². The van der Waals surface area contributed by atoms with Crippen LogP contribution in [0, 0.1) is 0 Å². The van der Waals surface area contributed by atoms with Crippen molar-refractivity contribution in [3.8, 4) is 0 Å². The molecule has 1 amide bonds. The van der Waals surface area contributed by atoms with E-state index in [0.29, 0.717) is 17.4 Å². The molecule has 0 saturated heterocycles. The Bertz CT molecular complexity index is 1710. The summed E-state index contributed by atoms with van der Waals surface area (Å²) in [4.78, 5) is 37.8. The van der Waals surface area contributed by atoms with Crippen molar-refractivity contribution in [3.05, 3.63) is 97.2 Å². The van der Waals surface area contributed by atoms with Gasteiger partial charge < -0.3 is 19.4 Å². The molecule has 0 fully saturated rings. The van der Waals surface area contributed by atoms with Gasteiger partial charge in [0, 0.05) is 12.8 Å². The average Bonchev–Trinajstić information content (AvgIpc) is 3.44. The molecule has 9 nitrogen and oxygen atoms in total. The fourth-order valence-electron chi connectivity index (χ4n) is 9.35. The number of nitrogens with one attached hydrogen (secondary N) is 1. The Hall–Kier alpha value is -3.07. The first-order valence-electron chi connectivity index (χ1n) is 33.6. The Morgan fingerprint density at radius 3 is 1.20 bits per heavy atom. The highest BCUT2D eigenvalue weighted by atomic mass is 31.2. The van der Waals surface area contributed by atoms with Crippen molar-refractivity contribution < 1.29 is 37.3 Å². The summed E-state index contributed by atoms with van der Waals surface area (Å²) in [5.41, 5.74) is 0. The highest BCUT2D eigenvalue weighted by Crippen LogP contribution is 2.43. The van der Waals surface area contributed by atoms with Gasteiger partial charge in [-0.3, -0.25) is 18.6 Å². The van der Waals surface area contributed by atoms with E-state index in [2.05, 4.69) is 111 Å². The minimum atomic E-state index is -4.46. The Morgan fingerprint density at radius 2 is 0.790 bits per heavy atom. The van der Waals surface area contributed by atoms with Crippen molar-refractivity contribution >= 4 is 19.7 Å². The maximum Gasteiger partial charge on any atom is 0.472 e. The second-order valence-electron chi connectivity index (χ2n) is 23.6. The summed E-state index contributed by atoms with van der Waals surface area (Å²) in [6.45, 7) is 6.89. The van der Waals surface area contributed by atoms with E-state index in [0.717, 1.165) is 122 Å². The number of esters is 1. The predicted molar refractivity (Wildman–Crippen MR) is 350 cm³/mol. The molecule has 0 aliphatic carbocycles. The Morgan fingerprint density at radius 1 is 0.444 bits per heavy atom. The third-order valence-electron chi connectivity index (χ3n) is 14.5. The second-order valence-corrected chi connectivity index (χ2v) is 25.1. The second kappa shape index (κ2) is 60.1. The SMILES string of the molecule is CC/C=C\C/C=C\C/C=C\C/C=C\C/C=C\C/C=C\CCCCCCCCCCC(=O)OC(/C=C\CCCCCCCCCCC)C(COP(=O)(O)OCC[N+](C)(C)C)NC(=O)CCCCCCCCC/C=C/CCCCCCCC. The van der Waals surface area contributed by atoms with Crippen LogP contribution in [0.2, 0.25) is 0 Å². The normalized spacial score (nSPS) is 14.2. The van der Waals surface area contributed by atoms with Crippen LogP contribution < -0.4 is 5.32 Å². The first-order chi connectivity index (χ1) is 39.4. The molecule has 81 heavy (non-hydrogen) atoms. The first kappa shape index (κ1) is 77.9. The van der Waals surface area contributed by atoms with Gasteiger partial charge in [-0.2, -0.15) is 0 Å². The summed E-state index contributed by atoms with van der Waals surface area (Å²) >= 11 is 0. The molecule has 0 radical (unpaired) electrons. The lowest BCUT2D eigenvalue weighted by Gasteiger charge is -2.27. The van der Waals surface area contributed by atoms with E-state index < -0.39 is 20.0 Å². The zero-order valence-corrected chi connectivity index (χ0v) is 54.4. The number of rotatable bonds is 60. The van der Waals surface area contributed by atoms with Gasteiger partial charge in [-0.25, -0.2) is 4.57 Å². The zero-order chi connectivity index (χ0) is 59.3. The Kier molecular flexibility index (Phi) is 57.8. The quantitative estimate of drug-likeness (QED) is 0.0205. The highest BCUT2D eigenvalue weighted by Gasteiger charge is 2.30.